The van der Waals surface area contributed by atoms with Crippen molar-refractivity contribution in [3.63, 3.8) is 0 Å². The molecule has 2 atom stereocenters. The van der Waals surface area contributed by atoms with Crippen LogP contribution in [-0.2, 0) is 4.79 Å². The molecule has 2 N–H and O–H groups in total. The van der Waals surface area contributed by atoms with E-state index in [-0.39, 0.29) is 17.9 Å². The normalized spacial score (nSPS) is 19.7. The van der Waals surface area contributed by atoms with Gasteiger partial charge in [-0.1, -0.05) is 74.0 Å². The standard InChI is InChI=1S/C22H28N2O/c1-2-19(22(23)25)24-16-10-9-15-20(24)21(17-11-5-3-6-12-17)18-13-7-4-8-14-18/h3-8,11-14,19-21H,2,9-10,15-16H2,1H3,(H2,23,25). The molecule has 0 spiro atoms. The monoisotopic (exact) mass is 336 g/mol. The summed E-state index contributed by atoms with van der Waals surface area (Å²) in [6.07, 6.45) is 4.20. The van der Waals surface area contributed by atoms with E-state index in [1.807, 2.05) is 0 Å². The number of benzene rings is 2. The number of amides is 1. The smallest absolute Gasteiger partial charge is 0.234 e. The number of piperidine rings is 1. The number of hydrogen-bond acceptors (Lipinski definition) is 2. The van der Waals surface area contributed by atoms with Gasteiger partial charge in [0.25, 0.3) is 0 Å². The molecule has 2 aromatic rings. The third-order valence-corrected chi connectivity index (χ3v) is 5.41. The highest BCUT2D eigenvalue weighted by Gasteiger charge is 2.36. The molecule has 1 amide bonds. The Morgan fingerprint density at radius 3 is 2.08 bits per heavy atom. The molecule has 0 bridgehead atoms. The molecule has 0 saturated carbocycles. The summed E-state index contributed by atoms with van der Waals surface area (Å²) >= 11 is 0. The Bertz CT molecular complexity index is 631. The second-order valence-electron chi connectivity index (χ2n) is 6.93. The summed E-state index contributed by atoms with van der Waals surface area (Å²) < 4.78 is 0. The summed E-state index contributed by atoms with van der Waals surface area (Å²) in [5, 5.41) is 0. The maximum atomic E-state index is 12.1. The Morgan fingerprint density at radius 1 is 1.04 bits per heavy atom. The van der Waals surface area contributed by atoms with E-state index >= 15 is 0 Å². The van der Waals surface area contributed by atoms with Crippen molar-refractivity contribution in [3.05, 3.63) is 71.8 Å². The Labute approximate surface area is 150 Å². The number of rotatable bonds is 6. The van der Waals surface area contributed by atoms with Crippen LogP contribution in [0.25, 0.3) is 0 Å². The largest absolute Gasteiger partial charge is 0.368 e. The molecule has 0 aromatic heterocycles. The van der Waals surface area contributed by atoms with E-state index in [1.54, 1.807) is 0 Å². The molecule has 0 aliphatic carbocycles. The number of nitrogens with zero attached hydrogens (tertiary/aromatic N) is 1. The van der Waals surface area contributed by atoms with Gasteiger partial charge in [0.2, 0.25) is 5.91 Å². The minimum atomic E-state index is -0.200. The fraction of sp³-hybridized carbons (Fsp3) is 0.409. The van der Waals surface area contributed by atoms with E-state index in [4.69, 9.17) is 5.73 Å². The van der Waals surface area contributed by atoms with Gasteiger partial charge >= 0.3 is 0 Å². The van der Waals surface area contributed by atoms with Crippen LogP contribution < -0.4 is 5.73 Å². The maximum Gasteiger partial charge on any atom is 0.234 e. The molecule has 1 saturated heterocycles. The van der Waals surface area contributed by atoms with Gasteiger partial charge in [0.05, 0.1) is 6.04 Å². The molecule has 3 rings (SSSR count). The van der Waals surface area contributed by atoms with E-state index in [0.29, 0.717) is 6.04 Å². The zero-order chi connectivity index (χ0) is 17.6. The molecule has 1 fully saturated rings. The van der Waals surface area contributed by atoms with Crippen molar-refractivity contribution in [2.45, 2.75) is 50.6 Å². The van der Waals surface area contributed by atoms with Gasteiger partial charge in [-0.2, -0.15) is 0 Å². The molecule has 3 nitrogen and oxygen atoms in total. The third-order valence-electron chi connectivity index (χ3n) is 5.41. The first-order valence-corrected chi connectivity index (χ1v) is 9.37. The van der Waals surface area contributed by atoms with Crippen LogP contribution >= 0.6 is 0 Å². The SMILES string of the molecule is CCC(C(N)=O)N1CCCCC1C(c1ccccc1)c1ccccc1. The van der Waals surface area contributed by atoms with Crippen molar-refractivity contribution in [2.24, 2.45) is 5.73 Å². The number of hydrogen-bond donors (Lipinski definition) is 1. The van der Waals surface area contributed by atoms with Gasteiger partial charge in [0.15, 0.2) is 0 Å². The lowest BCUT2D eigenvalue weighted by molar-refractivity contribution is -0.125. The minimum absolute atomic E-state index is 0.180. The van der Waals surface area contributed by atoms with E-state index in [0.717, 1.165) is 25.8 Å². The zero-order valence-electron chi connectivity index (χ0n) is 15.0. The van der Waals surface area contributed by atoms with Gasteiger partial charge in [0.1, 0.15) is 0 Å². The fourth-order valence-electron chi connectivity index (χ4n) is 4.28. The second-order valence-corrected chi connectivity index (χ2v) is 6.93. The first kappa shape index (κ1) is 17.7. The molecular weight excluding hydrogens is 308 g/mol. The number of carbonyl (C=O) groups is 1. The van der Waals surface area contributed by atoms with Crippen LogP contribution in [0.1, 0.15) is 49.7 Å². The third kappa shape index (κ3) is 3.93. The van der Waals surface area contributed by atoms with Gasteiger partial charge in [-0.05, 0) is 36.9 Å². The number of likely N-dealkylation sites (tertiary alicyclic amines) is 1. The topological polar surface area (TPSA) is 46.3 Å². The average molecular weight is 336 g/mol. The van der Waals surface area contributed by atoms with E-state index in [1.165, 1.54) is 17.5 Å². The Hall–Kier alpha value is -2.13. The molecule has 1 aliphatic rings. The first-order valence-electron chi connectivity index (χ1n) is 9.37. The number of carbonyl (C=O) groups excluding carboxylic acids is 1. The van der Waals surface area contributed by atoms with Crippen molar-refractivity contribution in [3.8, 4) is 0 Å². The lowest BCUT2D eigenvalue weighted by Gasteiger charge is -2.44. The lowest BCUT2D eigenvalue weighted by Crippen LogP contribution is -2.53. The lowest BCUT2D eigenvalue weighted by atomic mass is 9.79. The highest BCUT2D eigenvalue weighted by atomic mass is 16.1. The van der Waals surface area contributed by atoms with Gasteiger partial charge in [-0.15, -0.1) is 0 Å². The van der Waals surface area contributed by atoms with Gasteiger partial charge in [-0.25, -0.2) is 0 Å². The minimum Gasteiger partial charge on any atom is -0.368 e. The van der Waals surface area contributed by atoms with Gasteiger partial charge in [0, 0.05) is 12.0 Å². The van der Waals surface area contributed by atoms with Crippen molar-refractivity contribution in [1.29, 1.82) is 0 Å². The molecule has 3 heteroatoms. The van der Waals surface area contributed by atoms with Gasteiger partial charge < -0.3 is 5.73 Å². The molecule has 132 valence electrons. The van der Waals surface area contributed by atoms with Gasteiger partial charge in [-0.3, -0.25) is 9.69 Å². The Balaban J connectivity index is 2.03. The van der Waals surface area contributed by atoms with E-state index in [9.17, 15) is 4.79 Å². The molecular formula is C22H28N2O. The van der Waals surface area contributed by atoms with Crippen LogP contribution in [0, 0.1) is 0 Å². The predicted octanol–water partition coefficient (Wildman–Crippen LogP) is 3.94. The Kier molecular flexibility index (Phi) is 5.87. The summed E-state index contributed by atoms with van der Waals surface area (Å²) in [6.45, 7) is 3.00. The zero-order valence-corrected chi connectivity index (χ0v) is 15.0. The highest BCUT2D eigenvalue weighted by Crippen LogP contribution is 2.37. The summed E-state index contributed by atoms with van der Waals surface area (Å²) in [4.78, 5) is 14.4. The van der Waals surface area contributed by atoms with Crippen LogP contribution in [0.3, 0.4) is 0 Å². The summed E-state index contributed by atoms with van der Waals surface area (Å²) in [5.74, 6) is 0.0605. The highest BCUT2D eigenvalue weighted by molar-refractivity contribution is 5.79. The quantitative estimate of drug-likeness (QED) is 0.868. The molecule has 2 unspecified atom stereocenters. The molecule has 0 radical (unpaired) electrons. The summed E-state index contributed by atoms with van der Waals surface area (Å²) in [7, 11) is 0. The predicted molar refractivity (Wildman–Crippen MR) is 102 cm³/mol. The van der Waals surface area contributed by atoms with Crippen LogP contribution in [0.15, 0.2) is 60.7 Å². The molecule has 2 aromatic carbocycles. The van der Waals surface area contributed by atoms with Crippen LogP contribution in [-0.4, -0.2) is 29.4 Å². The summed E-state index contributed by atoms with van der Waals surface area (Å²) in [5.41, 5.74) is 8.36. The van der Waals surface area contributed by atoms with E-state index < -0.39 is 0 Å². The van der Waals surface area contributed by atoms with Crippen LogP contribution in [0.4, 0.5) is 0 Å². The molecule has 1 heterocycles. The van der Waals surface area contributed by atoms with Crippen LogP contribution in [0.5, 0.6) is 0 Å². The summed E-state index contributed by atoms with van der Waals surface area (Å²) in [6, 6.07) is 21.5. The van der Waals surface area contributed by atoms with Crippen molar-refractivity contribution in [1.82, 2.24) is 4.90 Å². The first-order chi connectivity index (χ1) is 12.2. The average Bonchev–Trinajstić information content (AvgIpc) is 2.65. The van der Waals surface area contributed by atoms with Crippen molar-refractivity contribution in [2.75, 3.05) is 6.54 Å². The maximum absolute atomic E-state index is 12.1. The van der Waals surface area contributed by atoms with Crippen LogP contribution in [0.2, 0.25) is 0 Å². The molecule has 25 heavy (non-hydrogen) atoms. The number of primary amides is 1. The van der Waals surface area contributed by atoms with Crippen molar-refractivity contribution >= 4 is 5.91 Å². The molecule has 1 aliphatic heterocycles. The Morgan fingerprint density at radius 2 is 1.60 bits per heavy atom. The second kappa shape index (κ2) is 8.30. The van der Waals surface area contributed by atoms with E-state index in [2.05, 4.69) is 72.5 Å². The van der Waals surface area contributed by atoms with Crippen molar-refractivity contribution < 1.29 is 4.79 Å². The number of nitrogens with two attached hydrogens (primary N) is 1. The fourth-order valence-corrected chi connectivity index (χ4v) is 4.28.